The van der Waals surface area contributed by atoms with Crippen LogP contribution >= 0.6 is 23.2 Å². The molecule has 0 unspecified atom stereocenters. The van der Waals surface area contributed by atoms with Crippen molar-refractivity contribution < 1.29 is 9.18 Å². The summed E-state index contributed by atoms with van der Waals surface area (Å²) in [5.41, 5.74) is 0.259. The normalized spacial score (nSPS) is 10.2. The lowest BCUT2D eigenvalue weighted by Gasteiger charge is -2.08. The lowest BCUT2D eigenvalue weighted by Crippen LogP contribution is -2.13. The van der Waals surface area contributed by atoms with Gasteiger partial charge in [0, 0.05) is 17.6 Å². The minimum Gasteiger partial charge on any atom is -0.373 e. The van der Waals surface area contributed by atoms with Crippen LogP contribution in [0.15, 0.2) is 30.3 Å². The summed E-state index contributed by atoms with van der Waals surface area (Å²) in [6, 6.07) is 6.80. The number of hydrogen-bond acceptors (Lipinski definition) is 3. The first-order chi connectivity index (χ1) is 9.49. The minimum absolute atomic E-state index is 0.00134. The van der Waals surface area contributed by atoms with Crippen LogP contribution in [0.1, 0.15) is 10.4 Å². The first kappa shape index (κ1) is 14.6. The largest absolute Gasteiger partial charge is 0.373 e. The van der Waals surface area contributed by atoms with E-state index >= 15 is 0 Å². The fourth-order valence-electron chi connectivity index (χ4n) is 1.54. The summed E-state index contributed by atoms with van der Waals surface area (Å²) in [6.07, 6.45) is 0. The Labute approximate surface area is 124 Å². The Kier molecular flexibility index (Phi) is 4.42. The summed E-state index contributed by atoms with van der Waals surface area (Å²) in [6.45, 7) is 0. The standard InChI is InChI=1S/C13H10Cl2FN3O/c1-17-12-5-7(4-11(15)19-12)13(20)18-10-6-8(14)2-3-9(10)16/h2-6H,1H3,(H,17,19)(H,18,20). The van der Waals surface area contributed by atoms with Crippen molar-refractivity contribution in [1.82, 2.24) is 4.98 Å². The van der Waals surface area contributed by atoms with Crippen molar-refractivity contribution in [2.75, 3.05) is 17.7 Å². The molecule has 0 radical (unpaired) electrons. The summed E-state index contributed by atoms with van der Waals surface area (Å²) in [5, 5.41) is 5.70. The van der Waals surface area contributed by atoms with Crippen LogP contribution in [0.25, 0.3) is 0 Å². The Morgan fingerprint density at radius 2 is 2.00 bits per heavy atom. The number of carbonyl (C=O) groups excluding carboxylic acids is 1. The monoisotopic (exact) mass is 313 g/mol. The van der Waals surface area contributed by atoms with Crippen LogP contribution in [0.2, 0.25) is 10.2 Å². The molecule has 20 heavy (non-hydrogen) atoms. The average Bonchev–Trinajstić information content (AvgIpc) is 2.42. The predicted molar refractivity (Wildman–Crippen MR) is 78.2 cm³/mol. The fourth-order valence-corrected chi connectivity index (χ4v) is 1.92. The van der Waals surface area contributed by atoms with Gasteiger partial charge in [-0.25, -0.2) is 9.37 Å². The van der Waals surface area contributed by atoms with Crippen LogP contribution in [0.4, 0.5) is 15.9 Å². The second-order valence-electron chi connectivity index (χ2n) is 3.89. The van der Waals surface area contributed by atoms with Gasteiger partial charge in [-0.15, -0.1) is 0 Å². The molecule has 0 saturated heterocycles. The number of amides is 1. The Hall–Kier alpha value is -1.85. The Bertz CT molecular complexity index is 664. The number of carbonyl (C=O) groups is 1. The SMILES string of the molecule is CNc1cc(C(=O)Nc2cc(Cl)ccc2F)cc(Cl)n1. The fraction of sp³-hybridized carbons (Fsp3) is 0.0769. The van der Waals surface area contributed by atoms with Crippen molar-refractivity contribution in [3.63, 3.8) is 0 Å². The smallest absolute Gasteiger partial charge is 0.255 e. The highest BCUT2D eigenvalue weighted by Crippen LogP contribution is 2.21. The first-order valence-electron chi connectivity index (χ1n) is 5.61. The van der Waals surface area contributed by atoms with Crippen LogP contribution in [-0.2, 0) is 0 Å². The van der Waals surface area contributed by atoms with Crippen LogP contribution in [0.3, 0.4) is 0 Å². The van der Waals surface area contributed by atoms with Gasteiger partial charge in [0.05, 0.1) is 5.69 Å². The van der Waals surface area contributed by atoms with Crippen molar-refractivity contribution in [2.24, 2.45) is 0 Å². The molecule has 0 atom stereocenters. The van der Waals surface area contributed by atoms with Crippen molar-refractivity contribution in [3.05, 3.63) is 51.9 Å². The quantitative estimate of drug-likeness (QED) is 0.847. The summed E-state index contributed by atoms with van der Waals surface area (Å²) < 4.78 is 13.5. The topological polar surface area (TPSA) is 54.0 Å². The van der Waals surface area contributed by atoms with Gasteiger partial charge in [0.1, 0.15) is 16.8 Å². The number of benzene rings is 1. The lowest BCUT2D eigenvalue weighted by molar-refractivity contribution is 0.102. The maximum absolute atomic E-state index is 13.5. The van der Waals surface area contributed by atoms with Crippen LogP contribution < -0.4 is 10.6 Å². The number of hydrogen-bond donors (Lipinski definition) is 2. The van der Waals surface area contributed by atoms with Crippen molar-refractivity contribution in [2.45, 2.75) is 0 Å². The molecule has 0 fully saturated rings. The van der Waals surface area contributed by atoms with E-state index in [-0.39, 0.29) is 16.4 Å². The van der Waals surface area contributed by atoms with Gasteiger partial charge in [0.15, 0.2) is 0 Å². The third-order valence-electron chi connectivity index (χ3n) is 2.49. The van der Waals surface area contributed by atoms with E-state index in [0.29, 0.717) is 10.8 Å². The minimum atomic E-state index is -0.572. The molecule has 0 aliphatic heterocycles. The van der Waals surface area contributed by atoms with E-state index in [0.717, 1.165) is 0 Å². The van der Waals surface area contributed by atoms with Gasteiger partial charge in [-0.1, -0.05) is 23.2 Å². The summed E-state index contributed by atoms with van der Waals surface area (Å²) in [4.78, 5) is 16.0. The maximum Gasteiger partial charge on any atom is 0.255 e. The highest BCUT2D eigenvalue weighted by atomic mass is 35.5. The Morgan fingerprint density at radius 1 is 1.25 bits per heavy atom. The van der Waals surface area contributed by atoms with E-state index in [1.54, 1.807) is 7.05 Å². The van der Waals surface area contributed by atoms with Crippen molar-refractivity contribution in [3.8, 4) is 0 Å². The van der Waals surface area contributed by atoms with Crippen LogP contribution in [-0.4, -0.2) is 17.9 Å². The first-order valence-corrected chi connectivity index (χ1v) is 6.37. The zero-order valence-corrected chi connectivity index (χ0v) is 11.9. The molecular formula is C13H10Cl2FN3O. The van der Waals surface area contributed by atoms with Crippen molar-refractivity contribution >= 4 is 40.6 Å². The number of nitrogens with zero attached hydrogens (tertiary/aromatic N) is 1. The zero-order chi connectivity index (χ0) is 14.7. The molecule has 1 aromatic heterocycles. The van der Waals surface area contributed by atoms with E-state index in [4.69, 9.17) is 23.2 Å². The number of nitrogens with one attached hydrogen (secondary N) is 2. The number of pyridine rings is 1. The maximum atomic E-state index is 13.5. The third-order valence-corrected chi connectivity index (χ3v) is 2.92. The number of rotatable bonds is 3. The van der Waals surface area contributed by atoms with Gasteiger partial charge in [0.2, 0.25) is 0 Å². The third kappa shape index (κ3) is 3.37. The van der Waals surface area contributed by atoms with Gasteiger partial charge in [-0.3, -0.25) is 4.79 Å². The molecule has 0 aliphatic rings. The van der Waals surface area contributed by atoms with Gasteiger partial charge in [0.25, 0.3) is 5.91 Å². The Morgan fingerprint density at radius 3 is 2.70 bits per heavy atom. The second kappa shape index (κ2) is 6.07. The molecule has 2 aromatic rings. The second-order valence-corrected chi connectivity index (χ2v) is 4.72. The van der Waals surface area contributed by atoms with E-state index in [1.807, 2.05) is 0 Å². The summed E-state index contributed by atoms with van der Waals surface area (Å²) >= 11 is 11.6. The molecule has 7 heteroatoms. The van der Waals surface area contributed by atoms with Crippen LogP contribution in [0.5, 0.6) is 0 Å². The number of halogens is 3. The molecular weight excluding hydrogens is 304 g/mol. The molecule has 0 bridgehead atoms. The molecule has 1 heterocycles. The number of aromatic nitrogens is 1. The molecule has 1 amide bonds. The van der Waals surface area contributed by atoms with E-state index in [9.17, 15) is 9.18 Å². The molecule has 2 rings (SSSR count). The lowest BCUT2D eigenvalue weighted by atomic mass is 10.2. The van der Waals surface area contributed by atoms with Gasteiger partial charge in [-0.2, -0.15) is 0 Å². The van der Waals surface area contributed by atoms with Gasteiger partial charge in [-0.05, 0) is 30.3 Å². The molecule has 104 valence electrons. The van der Waals surface area contributed by atoms with Crippen LogP contribution in [0, 0.1) is 5.82 Å². The van der Waals surface area contributed by atoms with Gasteiger partial charge >= 0.3 is 0 Å². The molecule has 0 aliphatic carbocycles. The highest BCUT2D eigenvalue weighted by molar-refractivity contribution is 6.31. The Balaban J connectivity index is 2.28. The predicted octanol–water partition coefficient (Wildman–Crippen LogP) is 3.82. The molecule has 2 N–H and O–H groups in total. The summed E-state index contributed by atoms with van der Waals surface area (Å²) in [5.74, 6) is -0.641. The molecule has 1 aromatic carbocycles. The average molecular weight is 314 g/mol. The van der Waals surface area contributed by atoms with E-state index in [2.05, 4.69) is 15.6 Å². The summed E-state index contributed by atoms with van der Waals surface area (Å²) in [7, 11) is 1.65. The van der Waals surface area contributed by atoms with Gasteiger partial charge < -0.3 is 10.6 Å². The van der Waals surface area contributed by atoms with E-state index in [1.165, 1.54) is 30.3 Å². The zero-order valence-electron chi connectivity index (χ0n) is 10.4. The molecule has 0 saturated carbocycles. The van der Waals surface area contributed by atoms with E-state index < -0.39 is 11.7 Å². The molecule has 4 nitrogen and oxygen atoms in total. The molecule has 0 spiro atoms. The highest BCUT2D eigenvalue weighted by Gasteiger charge is 2.12. The number of anilines is 2. The van der Waals surface area contributed by atoms with Crippen molar-refractivity contribution in [1.29, 1.82) is 0 Å².